The molecule has 1 unspecified atom stereocenters. The molecule has 0 bridgehead atoms. The van der Waals surface area contributed by atoms with Crippen LogP contribution < -0.4 is 0 Å². The lowest BCUT2D eigenvalue weighted by molar-refractivity contribution is 1.00. The van der Waals surface area contributed by atoms with Gasteiger partial charge in [0.15, 0.2) is 0 Å². The molecule has 1 atom stereocenters. The van der Waals surface area contributed by atoms with E-state index in [2.05, 4.69) is 79.7 Å². The zero-order valence-corrected chi connectivity index (χ0v) is 12.2. The number of hydrogen-bond acceptors (Lipinski definition) is 0. The van der Waals surface area contributed by atoms with Crippen LogP contribution >= 0.6 is 0 Å². The van der Waals surface area contributed by atoms with Crippen LogP contribution in [0.25, 0.3) is 16.8 Å². The fourth-order valence-corrected chi connectivity index (χ4v) is 3.52. The van der Waals surface area contributed by atoms with Crippen molar-refractivity contribution in [2.24, 2.45) is 0 Å². The van der Waals surface area contributed by atoms with Crippen LogP contribution in [-0.2, 0) is 6.42 Å². The van der Waals surface area contributed by atoms with Gasteiger partial charge in [0.05, 0.1) is 0 Å². The molecule has 3 aromatic rings. The highest BCUT2D eigenvalue weighted by Crippen LogP contribution is 2.40. The van der Waals surface area contributed by atoms with Crippen molar-refractivity contribution in [3.63, 3.8) is 0 Å². The maximum absolute atomic E-state index is 2.35. The second-order valence-electron chi connectivity index (χ2n) is 5.68. The Balaban J connectivity index is 2.01. The Kier molecular flexibility index (Phi) is 2.89. The van der Waals surface area contributed by atoms with Crippen LogP contribution in [0.1, 0.15) is 35.1 Å². The van der Waals surface area contributed by atoms with E-state index in [9.17, 15) is 0 Å². The quantitative estimate of drug-likeness (QED) is 0.572. The summed E-state index contributed by atoms with van der Waals surface area (Å²) in [5.41, 5.74) is 5.73. The maximum Gasteiger partial charge on any atom is 0.0287 e. The SMILES string of the molecule is CCc1ccc2ccccc2c1C1C=Cc2ccccc21. The van der Waals surface area contributed by atoms with Gasteiger partial charge in [-0.15, -0.1) is 0 Å². The van der Waals surface area contributed by atoms with E-state index in [4.69, 9.17) is 0 Å². The summed E-state index contributed by atoms with van der Waals surface area (Å²) in [7, 11) is 0. The molecule has 0 N–H and O–H groups in total. The van der Waals surface area contributed by atoms with Crippen LogP contribution in [0.4, 0.5) is 0 Å². The van der Waals surface area contributed by atoms with E-state index < -0.39 is 0 Å². The molecular weight excluding hydrogens is 252 g/mol. The first-order valence-corrected chi connectivity index (χ1v) is 7.66. The Morgan fingerprint density at radius 1 is 0.857 bits per heavy atom. The number of allylic oxidation sites excluding steroid dienone is 1. The Morgan fingerprint density at radius 2 is 1.67 bits per heavy atom. The maximum atomic E-state index is 2.35. The Labute approximate surface area is 125 Å². The number of hydrogen-bond donors (Lipinski definition) is 0. The van der Waals surface area contributed by atoms with Crippen LogP contribution in [-0.4, -0.2) is 0 Å². The molecular formula is C21H18. The first-order chi connectivity index (χ1) is 10.4. The number of fused-ring (bicyclic) bond motifs is 2. The first-order valence-electron chi connectivity index (χ1n) is 7.66. The van der Waals surface area contributed by atoms with Crippen molar-refractivity contribution in [1.82, 2.24) is 0 Å². The largest absolute Gasteiger partial charge is 0.0720 e. The average molecular weight is 270 g/mol. The van der Waals surface area contributed by atoms with Gasteiger partial charge in [-0.3, -0.25) is 0 Å². The fourth-order valence-electron chi connectivity index (χ4n) is 3.52. The van der Waals surface area contributed by atoms with Gasteiger partial charge in [-0.1, -0.05) is 79.7 Å². The minimum absolute atomic E-state index is 0.391. The monoisotopic (exact) mass is 270 g/mol. The van der Waals surface area contributed by atoms with E-state index in [1.165, 1.54) is 33.0 Å². The second-order valence-corrected chi connectivity index (χ2v) is 5.68. The minimum Gasteiger partial charge on any atom is -0.0720 e. The van der Waals surface area contributed by atoms with Crippen molar-refractivity contribution < 1.29 is 0 Å². The van der Waals surface area contributed by atoms with Crippen molar-refractivity contribution in [3.8, 4) is 0 Å². The average Bonchev–Trinajstić information content (AvgIpc) is 2.97. The van der Waals surface area contributed by atoms with Gasteiger partial charge in [-0.2, -0.15) is 0 Å². The minimum atomic E-state index is 0.391. The van der Waals surface area contributed by atoms with Crippen LogP contribution in [0.3, 0.4) is 0 Å². The second kappa shape index (κ2) is 4.89. The zero-order valence-electron chi connectivity index (χ0n) is 12.2. The van der Waals surface area contributed by atoms with Gasteiger partial charge in [0, 0.05) is 5.92 Å². The lowest BCUT2D eigenvalue weighted by Gasteiger charge is -2.18. The summed E-state index contributed by atoms with van der Waals surface area (Å²) in [6, 6.07) is 22.0. The molecule has 0 saturated heterocycles. The standard InChI is InChI=1S/C21H18/c1-2-15-11-12-17-8-4-6-10-19(17)21(15)20-14-13-16-7-3-5-9-18(16)20/h3-14,20H,2H2,1H3. The smallest absolute Gasteiger partial charge is 0.0287 e. The van der Waals surface area contributed by atoms with Crippen LogP contribution in [0.15, 0.2) is 66.7 Å². The predicted molar refractivity (Wildman–Crippen MR) is 90.6 cm³/mol. The molecule has 0 amide bonds. The summed E-state index contributed by atoms with van der Waals surface area (Å²) in [6.45, 7) is 2.25. The van der Waals surface area contributed by atoms with E-state index in [0.717, 1.165) is 6.42 Å². The van der Waals surface area contributed by atoms with Crippen LogP contribution in [0, 0.1) is 0 Å². The molecule has 0 heteroatoms. The lowest BCUT2D eigenvalue weighted by atomic mass is 9.85. The lowest BCUT2D eigenvalue weighted by Crippen LogP contribution is -2.01. The van der Waals surface area contributed by atoms with Gasteiger partial charge >= 0.3 is 0 Å². The molecule has 1 aliphatic rings. The molecule has 4 rings (SSSR count). The Hall–Kier alpha value is -2.34. The van der Waals surface area contributed by atoms with Crippen molar-refractivity contribution in [2.75, 3.05) is 0 Å². The van der Waals surface area contributed by atoms with Crippen molar-refractivity contribution in [2.45, 2.75) is 19.3 Å². The Morgan fingerprint density at radius 3 is 2.57 bits per heavy atom. The molecule has 102 valence electrons. The molecule has 0 spiro atoms. The summed E-state index contributed by atoms with van der Waals surface area (Å²) >= 11 is 0. The molecule has 0 aromatic heterocycles. The summed E-state index contributed by atoms with van der Waals surface area (Å²) in [6.07, 6.45) is 5.69. The predicted octanol–water partition coefficient (Wildman–Crippen LogP) is 5.56. The number of rotatable bonds is 2. The highest BCUT2D eigenvalue weighted by molar-refractivity contribution is 5.89. The molecule has 0 fully saturated rings. The van der Waals surface area contributed by atoms with Gasteiger partial charge in [0.1, 0.15) is 0 Å². The van der Waals surface area contributed by atoms with Crippen LogP contribution in [0.5, 0.6) is 0 Å². The number of benzene rings is 3. The third-order valence-corrected chi connectivity index (χ3v) is 4.55. The summed E-state index contributed by atoms with van der Waals surface area (Å²) in [4.78, 5) is 0. The molecule has 0 saturated carbocycles. The third kappa shape index (κ3) is 1.91. The first kappa shape index (κ1) is 12.4. The van der Waals surface area contributed by atoms with E-state index in [0.29, 0.717) is 5.92 Å². The molecule has 0 aliphatic heterocycles. The highest BCUT2D eigenvalue weighted by atomic mass is 14.3. The van der Waals surface area contributed by atoms with E-state index in [1.54, 1.807) is 0 Å². The molecule has 1 aliphatic carbocycles. The van der Waals surface area contributed by atoms with Crippen molar-refractivity contribution in [3.05, 3.63) is 89.0 Å². The van der Waals surface area contributed by atoms with Crippen LogP contribution in [0.2, 0.25) is 0 Å². The van der Waals surface area contributed by atoms with E-state index >= 15 is 0 Å². The molecule has 21 heavy (non-hydrogen) atoms. The highest BCUT2D eigenvalue weighted by Gasteiger charge is 2.22. The van der Waals surface area contributed by atoms with Gasteiger partial charge in [-0.25, -0.2) is 0 Å². The zero-order chi connectivity index (χ0) is 14.2. The van der Waals surface area contributed by atoms with E-state index in [-0.39, 0.29) is 0 Å². The topological polar surface area (TPSA) is 0 Å². The Bertz CT molecular complexity index is 840. The third-order valence-electron chi connectivity index (χ3n) is 4.55. The van der Waals surface area contributed by atoms with Gasteiger partial charge in [0.2, 0.25) is 0 Å². The molecule has 0 radical (unpaired) electrons. The van der Waals surface area contributed by atoms with Gasteiger partial charge in [-0.05, 0) is 39.4 Å². The summed E-state index contributed by atoms with van der Waals surface area (Å²) < 4.78 is 0. The number of aryl methyl sites for hydroxylation is 1. The molecule has 3 aromatic carbocycles. The fraction of sp³-hybridized carbons (Fsp3) is 0.143. The van der Waals surface area contributed by atoms with Crippen molar-refractivity contribution >= 4 is 16.8 Å². The normalized spacial score (nSPS) is 16.3. The molecule has 0 nitrogen and oxygen atoms in total. The summed E-state index contributed by atoms with van der Waals surface area (Å²) in [5, 5.41) is 2.73. The van der Waals surface area contributed by atoms with Crippen molar-refractivity contribution in [1.29, 1.82) is 0 Å². The van der Waals surface area contributed by atoms with Gasteiger partial charge < -0.3 is 0 Å². The molecule has 0 heterocycles. The van der Waals surface area contributed by atoms with Gasteiger partial charge in [0.25, 0.3) is 0 Å². The summed E-state index contributed by atoms with van der Waals surface area (Å²) in [5.74, 6) is 0.391. The van der Waals surface area contributed by atoms with E-state index in [1.807, 2.05) is 0 Å².